The molecule has 3 rings (SSSR count). The van der Waals surface area contributed by atoms with E-state index in [2.05, 4.69) is 20.4 Å². The summed E-state index contributed by atoms with van der Waals surface area (Å²) in [5.41, 5.74) is 2.21. The molecule has 3 heterocycles. The van der Waals surface area contributed by atoms with Crippen molar-refractivity contribution in [1.29, 1.82) is 0 Å². The molecule has 0 atom stereocenters. The van der Waals surface area contributed by atoms with Crippen LogP contribution < -0.4 is 5.32 Å². The summed E-state index contributed by atoms with van der Waals surface area (Å²) in [5.74, 6) is 0.423. The quantitative estimate of drug-likeness (QED) is 0.801. The van der Waals surface area contributed by atoms with Crippen molar-refractivity contribution in [2.45, 2.75) is 13.5 Å². The zero-order valence-electron chi connectivity index (χ0n) is 12.1. The van der Waals surface area contributed by atoms with Gasteiger partial charge in [-0.15, -0.1) is 0 Å². The first kappa shape index (κ1) is 13.9. The van der Waals surface area contributed by atoms with Crippen LogP contribution in [0.15, 0.2) is 55.0 Å². The highest BCUT2D eigenvalue weighted by atomic mass is 16.1. The number of rotatable bonds is 4. The Morgan fingerprint density at radius 2 is 2.14 bits per heavy atom. The number of hydrogen-bond acceptors (Lipinski definition) is 4. The first-order valence-corrected chi connectivity index (χ1v) is 6.88. The molecule has 0 aliphatic heterocycles. The molecule has 1 N–H and O–H groups in total. The van der Waals surface area contributed by atoms with E-state index in [9.17, 15) is 4.79 Å². The predicted molar refractivity (Wildman–Crippen MR) is 82.5 cm³/mol. The van der Waals surface area contributed by atoms with Gasteiger partial charge < -0.3 is 5.32 Å². The molecule has 0 fully saturated rings. The standard InChI is InChI=1S/C16H15N5O/c1-12-9-15(19-16(22)13-5-4-7-17-10-13)21(20-12)11-14-6-2-3-8-18-14/h2-10H,11H2,1H3,(H,19,22). The van der Waals surface area contributed by atoms with E-state index >= 15 is 0 Å². The number of amides is 1. The summed E-state index contributed by atoms with van der Waals surface area (Å²) in [7, 11) is 0. The van der Waals surface area contributed by atoms with Gasteiger partial charge in [-0.2, -0.15) is 5.10 Å². The minimum atomic E-state index is -0.213. The molecular formula is C16H15N5O. The molecule has 22 heavy (non-hydrogen) atoms. The van der Waals surface area contributed by atoms with E-state index in [0.29, 0.717) is 17.9 Å². The van der Waals surface area contributed by atoms with Crippen LogP contribution in [0.4, 0.5) is 5.82 Å². The summed E-state index contributed by atoms with van der Waals surface area (Å²) in [4.78, 5) is 20.4. The van der Waals surface area contributed by atoms with Crippen molar-refractivity contribution >= 4 is 11.7 Å². The second kappa shape index (κ2) is 6.17. The van der Waals surface area contributed by atoms with Crippen LogP contribution >= 0.6 is 0 Å². The third kappa shape index (κ3) is 3.17. The third-order valence-electron chi connectivity index (χ3n) is 3.11. The zero-order chi connectivity index (χ0) is 15.4. The highest BCUT2D eigenvalue weighted by molar-refractivity contribution is 6.03. The number of aromatic nitrogens is 4. The van der Waals surface area contributed by atoms with E-state index < -0.39 is 0 Å². The molecular weight excluding hydrogens is 278 g/mol. The second-order valence-corrected chi connectivity index (χ2v) is 4.85. The minimum absolute atomic E-state index is 0.213. The van der Waals surface area contributed by atoms with E-state index in [0.717, 1.165) is 11.4 Å². The maximum absolute atomic E-state index is 12.2. The van der Waals surface area contributed by atoms with Gasteiger partial charge in [-0.3, -0.25) is 14.8 Å². The Kier molecular flexibility index (Phi) is 3.91. The lowest BCUT2D eigenvalue weighted by Crippen LogP contribution is -2.16. The number of nitrogens with one attached hydrogen (secondary N) is 1. The molecule has 110 valence electrons. The lowest BCUT2D eigenvalue weighted by Gasteiger charge is -2.08. The molecule has 0 aliphatic carbocycles. The molecule has 3 aromatic heterocycles. The molecule has 1 amide bonds. The van der Waals surface area contributed by atoms with Crippen molar-refractivity contribution in [3.8, 4) is 0 Å². The molecule has 0 radical (unpaired) electrons. The fourth-order valence-corrected chi connectivity index (χ4v) is 2.10. The normalized spacial score (nSPS) is 10.4. The Morgan fingerprint density at radius 1 is 1.23 bits per heavy atom. The Bertz CT molecular complexity index is 768. The molecule has 0 unspecified atom stereocenters. The molecule has 0 saturated heterocycles. The van der Waals surface area contributed by atoms with Crippen LogP contribution in [0.3, 0.4) is 0 Å². The number of anilines is 1. The Hall–Kier alpha value is -3.02. The van der Waals surface area contributed by atoms with Gasteiger partial charge in [-0.1, -0.05) is 6.07 Å². The van der Waals surface area contributed by atoms with Gasteiger partial charge in [0, 0.05) is 24.7 Å². The van der Waals surface area contributed by atoms with Crippen LogP contribution in [0.25, 0.3) is 0 Å². The second-order valence-electron chi connectivity index (χ2n) is 4.85. The van der Waals surface area contributed by atoms with Gasteiger partial charge in [0.25, 0.3) is 5.91 Å². The predicted octanol–water partition coefficient (Wildman–Crippen LogP) is 2.28. The number of carbonyl (C=O) groups excluding carboxylic acids is 1. The van der Waals surface area contributed by atoms with Gasteiger partial charge in [0.15, 0.2) is 0 Å². The van der Waals surface area contributed by atoms with Gasteiger partial charge >= 0.3 is 0 Å². The Morgan fingerprint density at radius 3 is 2.86 bits per heavy atom. The highest BCUT2D eigenvalue weighted by Crippen LogP contribution is 2.13. The Balaban J connectivity index is 1.81. The number of carbonyl (C=O) groups is 1. The summed E-state index contributed by atoms with van der Waals surface area (Å²) in [6, 6.07) is 11.0. The monoisotopic (exact) mass is 293 g/mol. The van der Waals surface area contributed by atoms with E-state index in [1.54, 1.807) is 29.2 Å². The SMILES string of the molecule is Cc1cc(NC(=O)c2cccnc2)n(Cc2ccccn2)n1. The van der Waals surface area contributed by atoms with Gasteiger partial charge in [0.2, 0.25) is 0 Å². The summed E-state index contributed by atoms with van der Waals surface area (Å²) in [6.07, 6.45) is 4.90. The van der Waals surface area contributed by atoms with Gasteiger partial charge in [-0.05, 0) is 31.2 Å². The van der Waals surface area contributed by atoms with Crippen LogP contribution in [0.1, 0.15) is 21.7 Å². The van der Waals surface area contributed by atoms with Crippen LogP contribution in [0.5, 0.6) is 0 Å². The molecule has 6 heteroatoms. The third-order valence-corrected chi connectivity index (χ3v) is 3.11. The average Bonchev–Trinajstić information content (AvgIpc) is 2.88. The topological polar surface area (TPSA) is 72.7 Å². The van der Waals surface area contributed by atoms with Crippen LogP contribution in [0.2, 0.25) is 0 Å². The van der Waals surface area contributed by atoms with E-state index in [-0.39, 0.29) is 5.91 Å². The minimum Gasteiger partial charge on any atom is -0.307 e. The summed E-state index contributed by atoms with van der Waals surface area (Å²) in [5, 5.41) is 7.26. The molecule has 3 aromatic rings. The molecule has 0 saturated carbocycles. The first-order valence-electron chi connectivity index (χ1n) is 6.88. The average molecular weight is 293 g/mol. The van der Waals surface area contributed by atoms with Crippen molar-refractivity contribution < 1.29 is 4.79 Å². The van der Waals surface area contributed by atoms with Crippen molar-refractivity contribution in [2.75, 3.05) is 5.32 Å². The fraction of sp³-hybridized carbons (Fsp3) is 0.125. The smallest absolute Gasteiger partial charge is 0.258 e. The van der Waals surface area contributed by atoms with Crippen LogP contribution in [-0.2, 0) is 6.54 Å². The van der Waals surface area contributed by atoms with Crippen LogP contribution in [-0.4, -0.2) is 25.7 Å². The highest BCUT2D eigenvalue weighted by Gasteiger charge is 2.11. The largest absolute Gasteiger partial charge is 0.307 e. The van der Waals surface area contributed by atoms with Crippen molar-refractivity contribution in [2.24, 2.45) is 0 Å². The van der Waals surface area contributed by atoms with Crippen molar-refractivity contribution in [3.05, 3.63) is 71.9 Å². The summed E-state index contributed by atoms with van der Waals surface area (Å²) >= 11 is 0. The fourth-order valence-electron chi connectivity index (χ4n) is 2.10. The molecule has 6 nitrogen and oxygen atoms in total. The summed E-state index contributed by atoms with van der Waals surface area (Å²) in [6.45, 7) is 2.38. The van der Waals surface area contributed by atoms with Crippen LogP contribution in [0, 0.1) is 6.92 Å². The lowest BCUT2D eigenvalue weighted by molar-refractivity contribution is 0.102. The number of nitrogens with zero attached hydrogens (tertiary/aromatic N) is 4. The van der Waals surface area contributed by atoms with Crippen molar-refractivity contribution in [3.63, 3.8) is 0 Å². The number of pyridine rings is 2. The molecule has 0 aliphatic rings. The molecule has 0 aromatic carbocycles. The van der Waals surface area contributed by atoms with Gasteiger partial charge in [0.05, 0.1) is 23.5 Å². The van der Waals surface area contributed by atoms with E-state index in [4.69, 9.17) is 0 Å². The van der Waals surface area contributed by atoms with E-state index in [1.807, 2.05) is 31.2 Å². The first-order chi connectivity index (χ1) is 10.7. The summed E-state index contributed by atoms with van der Waals surface area (Å²) < 4.78 is 1.73. The van der Waals surface area contributed by atoms with Gasteiger partial charge in [0.1, 0.15) is 5.82 Å². The number of aryl methyl sites for hydroxylation is 1. The van der Waals surface area contributed by atoms with Gasteiger partial charge in [-0.25, -0.2) is 4.68 Å². The Labute approximate surface area is 127 Å². The molecule has 0 bridgehead atoms. The van der Waals surface area contributed by atoms with E-state index in [1.165, 1.54) is 6.20 Å². The number of hydrogen-bond donors (Lipinski definition) is 1. The van der Waals surface area contributed by atoms with Crippen molar-refractivity contribution in [1.82, 2.24) is 19.7 Å². The maximum atomic E-state index is 12.2. The zero-order valence-corrected chi connectivity index (χ0v) is 12.1. The maximum Gasteiger partial charge on any atom is 0.258 e. The molecule has 0 spiro atoms. The lowest BCUT2D eigenvalue weighted by atomic mass is 10.3.